The van der Waals surface area contributed by atoms with E-state index in [0.717, 1.165) is 12.8 Å². The summed E-state index contributed by atoms with van der Waals surface area (Å²) in [5.74, 6) is 0.140. The molecule has 2 N–H and O–H groups in total. The van der Waals surface area contributed by atoms with Gasteiger partial charge in [0.05, 0.1) is 17.9 Å². The second-order valence-corrected chi connectivity index (χ2v) is 5.02. The number of aromatic nitrogens is 4. The zero-order chi connectivity index (χ0) is 12.3. The van der Waals surface area contributed by atoms with Crippen LogP contribution in [0.15, 0.2) is 5.16 Å². The van der Waals surface area contributed by atoms with Crippen molar-refractivity contribution in [1.29, 1.82) is 0 Å². The van der Waals surface area contributed by atoms with Crippen molar-refractivity contribution in [2.75, 3.05) is 12.3 Å². The molecule has 0 spiro atoms. The van der Waals surface area contributed by atoms with Crippen molar-refractivity contribution in [3.63, 3.8) is 0 Å². The summed E-state index contributed by atoms with van der Waals surface area (Å²) in [4.78, 5) is 11.4. The third kappa shape index (κ3) is 3.67. The van der Waals surface area contributed by atoms with Crippen LogP contribution in [0, 0.1) is 0 Å². The molecule has 0 aliphatic heterocycles. The minimum absolute atomic E-state index is 0.124. The number of tetrazole rings is 1. The van der Waals surface area contributed by atoms with Crippen LogP contribution < -0.4 is 5.32 Å². The van der Waals surface area contributed by atoms with Crippen molar-refractivity contribution in [1.82, 2.24) is 25.5 Å². The third-order valence-electron chi connectivity index (χ3n) is 2.28. The van der Waals surface area contributed by atoms with Gasteiger partial charge in [0.1, 0.15) is 0 Å². The Morgan fingerprint density at radius 2 is 2.47 bits per heavy atom. The van der Waals surface area contributed by atoms with Gasteiger partial charge in [-0.2, -0.15) is 0 Å². The number of hydrogen-bond donors (Lipinski definition) is 2. The van der Waals surface area contributed by atoms with E-state index < -0.39 is 6.10 Å². The minimum Gasteiger partial charge on any atom is -0.392 e. The van der Waals surface area contributed by atoms with E-state index in [0.29, 0.717) is 11.2 Å². The summed E-state index contributed by atoms with van der Waals surface area (Å²) in [6, 6.07) is 0.410. The number of amides is 1. The fourth-order valence-electron chi connectivity index (χ4n) is 1.27. The van der Waals surface area contributed by atoms with Crippen LogP contribution >= 0.6 is 11.8 Å². The van der Waals surface area contributed by atoms with Gasteiger partial charge in [-0.15, -0.1) is 5.10 Å². The Balaban J connectivity index is 1.77. The standard InChI is InChI=1S/C9H15N5O2S/c1-6(15)4-10-8(16)5-17-9-11-12-13-14(9)7-2-3-7/h6-7,15H,2-5H2,1H3,(H,10,16)/t6-/m0/s1. The van der Waals surface area contributed by atoms with Gasteiger partial charge in [0, 0.05) is 6.54 Å². The summed E-state index contributed by atoms with van der Waals surface area (Å²) < 4.78 is 1.77. The molecule has 1 aromatic rings. The highest BCUT2D eigenvalue weighted by Crippen LogP contribution is 2.36. The van der Waals surface area contributed by atoms with Gasteiger partial charge in [-0.05, 0) is 30.2 Å². The molecule has 1 amide bonds. The third-order valence-corrected chi connectivity index (χ3v) is 3.22. The maximum Gasteiger partial charge on any atom is 0.230 e. The molecule has 1 aliphatic carbocycles. The fourth-order valence-corrected chi connectivity index (χ4v) is 2.05. The van der Waals surface area contributed by atoms with Gasteiger partial charge in [-0.3, -0.25) is 4.79 Å². The predicted molar refractivity (Wildman–Crippen MR) is 61.5 cm³/mol. The van der Waals surface area contributed by atoms with Crippen LogP contribution in [0.1, 0.15) is 25.8 Å². The average Bonchev–Trinajstić information content (AvgIpc) is 3.03. The number of nitrogens with zero attached hydrogens (tertiary/aromatic N) is 4. The predicted octanol–water partition coefficient (Wildman–Crippen LogP) is -0.403. The molecule has 0 radical (unpaired) electrons. The van der Waals surface area contributed by atoms with Gasteiger partial charge in [0.2, 0.25) is 11.1 Å². The molecule has 1 atom stereocenters. The highest BCUT2D eigenvalue weighted by Gasteiger charge is 2.28. The van der Waals surface area contributed by atoms with E-state index in [1.807, 2.05) is 0 Å². The van der Waals surface area contributed by atoms with Gasteiger partial charge in [0.25, 0.3) is 0 Å². The maximum atomic E-state index is 11.4. The number of aliphatic hydroxyl groups is 1. The quantitative estimate of drug-likeness (QED) is 0.673. The van der Waals surface area contributed by atoms with E-state index in [2.05, 4.69) is 20.8 Å². The summed E-state index contributed by atoms with van der Waals surface area (Å²) in [6.45, 7) is 1.90. The number of carbonyl (C=O) groups excluding carboxylic acids is 1. The normalized spacial score (nSPS) is 16.8. The van der Waals surface area contributed by atoms with E-state index in [9.17, 15) is 4.79 Å². The van der Waals surface area contributed by atoms with Crippen LogP contribution in [0.3, 0.4) is 0 Å². The van der Waals surface area contributed by atoms with Crippen molar-refractivity contribution in [3.05, 3.63) is 0 Å². The summed E-state index contributed by atoms with van der Waals surface area (Å²) in [5.41, 5.74) is 0. The molecule has 17 heavy (non-hydrogen) atoms. The molecule has 1 fully saturated rings. The molecular weight excluding hydrogens is 242 g/mol. The Morgan fingerprint density at radius 3 is 3.12 bits per heavy atom. The van der Waals surface area contributed by atoms with E-state index in [-0.39, 0.29) is 18.2 Å². The lowest BCUT2D eigenvalue weighted by atomic mass is 10.4. The molecule has 0 aromatic carbocycles. The van der Waals surface area contributed by atoms with E-state index in [1.54, 1.807) is 11.6 Å². The van der Waals surface area contributed by atoms with Crippen LogP contribution in [-0.2, 0) is 4.79 Å². The van der Waals surface area contributed by atoms with Crippen molar-refractivity contribution in [2.24, 2.45) is 0 Å². The summed E-state index contributed by atoms with van der Waals surface area (Å²) in [5, 5.41) is 23.7. The van der Waals surface area contributed by atoms with E-state index in [1.165, 1.54) is 11.8 Å². The molecule has 1 heterocycles. The Kier molecular flexibility index (Phi) is 3.95. The highest BCUT2D eigenvalue weighted by molar-refractivity contribution is 7.99. The lowest BCUT2D eigenvalue weighted by molar-refractivity contribution is -0.118. The van der Waals surface area contributed by atoms with E-state index >= 15 is 0 Å². The topological polar surface area (TPSA) is 92.9 Å². The second kappa shape index (κ2) is 5.46. The van der Waals surface area contributed by atoms with Gasteiger partial charge in [-0.25, -0.2) is 4.68 Å². The van der Waals surface area contributed by atoms with Crippen LogP contribution in [0.2, 0.25) is 0 Å². The number of nitrogens with one attached hydrogen (secondary N) is 1. The first-order valence-corrected chi connectivity index (χ1v) is 6.51. The number of thioether (sulfide) groups is 1. The molecular formula is C9H15N5O2S. The molecule has 1 aromatic heterocycles. The van der Waals surface area contributed by atoms with Gasteiger partial charge >= 0.3 is 0 Å². The molecule has 0 saturated heterocycles. The Labute approximate surface area is 103 Å². The molecule has 2 rings (SSSR count). The first-order valence-electron chi connectivity index (χ1n) is 5.52. The Morgan fingerprint density at radius 1 is 1.71 bits per heavy atom. The molecule has 1 saturated carbocycles. The fraction of sp³-hybridized carbons (Fsp3) is 0.778. The van der Waals surface area contributed by atoms with Crippen LogP contribution in [0.4, 0.5) is 0 Å². The molecule has 0 bridgehead atoms. The first-order chi connectivity index (χ1) is 8.16. The maximum absolute atomic E-state index is 11.4. The lowest BCUT2D eigenvalue weighted by Gasteiger charge is -2.06. The number of rotatable bonds is 6. The largest absolute Gasteiger partial charge is 0.392 e. The highest BCUT2D eigenvalue weighted by atomic mass is 32.2. The van der Waals surface area contributed by atoms with Gasteiger partial charge in [0.15, 0.2) is 0 Å². The van der Waals surface area contributed by atoms with E-state index in [4.69, 9.17) is 5.11 Å². The summed E-state index contributed by atoms with van der Waals surface area (Å²) >= 11 is 1.31. The SMILES string of the molecule is C[C@H](O)CNC(=O)CSc1nnnn1C1CC1. The number of aliphatic hydroxyl groups excluding tert-OH is 1. The molecule has 8 heteroatoms. The first kappa shape index (κ1) is 12.3. The van der Waals surface area contributed by atoms with Crippen molar-refractivity contribution >= 4 is 17.7 Å². The van der Waals surface area contributed by atoms with Crippen LogP contribution in [-0.4, -0.2) is 49.6 Å². The molecule has 1 aliphatic rings. The summed E-state index contributed by atoms with van der Waals surface area (Å²) in [6.07, 6.45) is 1.68. The van der Waals surface area contributed by atoms with Crippen molar-refractivity contribution in [2.45, 2.75) is 37.1 Å². The molecule has 94 valence electrons. The number of carbonyl (C=O) groups is 1. The second-order valence-electron chi connectivity index (χ2n) is 4.08. The number of hydrogen-bond acceptors (Lipinski definition) is 6. The van der Waals surface area contributed by atoms with Crippen molar-refractivity contribution < 1.29 is 9.90 Å². The lowest BCUT2D eigenvalue weighted by Crippen LogP contribution is -2.31. The Bertz CT molecular complexity index is 390. The average molecular weight is 257 g/mol. The monoisotopic (exact) mass is 257 g/mol. The van der Waals surface area contributed by atoms with Crippen molar-refractivity contribution in [3.8, 4) is 0 Å². The minimum atomic E-state index is -0.527. The Hall–Kier alpha value is -1.15. The van der Waals surface area contributed by atoms with Crippen LogP contribution in [0.25, 0.3) is 0 Å². The smallest absolute Gasteiger partial charge is 0.230 e. The van der Waals surface area contributed by atoms with Crippen LogP contribution in [0.5, 0.6) is 0 Å². The zero-order valence-corrected chi connectivity index (χ0v) is 10.4. The zero-order valence-electron chi connectivity index (χ0n) is 9.54. The summed E-state index contributed by atoms with van der Waals surface area (Å²) in [7, 11) is 0. The molecule has 7 nitrogen and oxygen atoms in total. The van der Waals surface area contributed by atoms with Gasteiger partial charge < -0.3 is 10.4 Å². The van der Waals surface area contributed by atoms with Gasteiger partial charge in [-0.1, -0.05) is 11.8 Å². The molecule has 0 unspecified atom stereocenters.